The molecule has 0 aliphatic carbocycles. The Morgan fingerprint density at radius 2 is 2.18 bits per heavy atom. The number of fused-ring (bicyclic) bond motifs is 1. The van der Waals surface area contributed by atoms with Crippen LogP contribution in [0.25, 0.3) is 16.6 Å². The van der Waals surface area contributed by atoms with Crippen molar-refractivity contribution in [1.82, 2.24) is 19.6 Å². The molecule has 0 spiro atoms. The molecule has 0 fully saturated rings. The lowest BCUT2D eigenvalue weighted by molar-refractivity contribution is 0.505. The Kier molecular flexibility index (Phi) is 2.93. The van der Waals surface area contributed by atoms with Crippen molar-refractivity contribution in [2.24, 2.45) is 0 Å². The van der Waals surface area contributed by atoms with Crippen molar-refractivity contribution in [1.29, 1.82) is 0 Å². The van der Waals surface area contributed by atoms with Crippen molar-refractivity contribution < 1.29 is 8.81 Å². The summed E-state index contributed by atoms with van der Waals surface area (Å²) in [5, 5.41) is 7.52. The number of halogens is 1. The molecule has 3 aromatic heterocycles. The molecular formula is C16H11FN4O. The summed E-state index contributed by atoms with van der Waals surface area (Å²) in [7, 11) is 0. The summed E-state index contributed by atoms with van der Waals surface area (Å²) in [4.78, 5) is 4.01. The van der Waals surface area contributed by atoms with Crippen molar-refractivity contribution in [3.63, 3.8) is 0 Å². The minimum atomic E-state index is -0.291. The molecule has 3 heterocycles. The van der Waals surface area contributed by atoms with Gasteiger partial charge in [-0.25, -0.2) is 9.37 Å². The topological polar surface area (TPSA) is 56.2 Å². The van der Waals surface area contributed by atoms with E-state index in [4.69, 9.17) is 4.42 Å². The number of imidazole rings is 1. The molecule has 0 amide bonds. The predicted molar refractivity (Wildman–Crippen MR) is 77.7 cm³/mol. The van der Waals surface area contributed by atoms with E-state index in [1.807, 2.05) is 24.3 Å². The van der Waals surface area contributed by atoms with Gasteiger partial charge in [-0.1, -0.05) is 24.3 Å². The number of benzene rings is 1. The van der Waals surface area contributed by atoms with Gasteiger partial charge < -0.3 is 8.82 Å². The average molecular weight is 294 g/mol. The van der Waals surface area contributed by atoms with Gasteiger partial charge >= 0.3 is 0 Å². The van der Waals surface area contributed by atoms with E-state index in [1.165, 1.54) is 12.6 Å². The van der Waals surface area contributed by atoms with Gasteiger partial charge in [0.1, 0.15) is 5.82 Å². The smallest absolute Gasteiger partial charge is 0.220 e. The lowest BCUT2D eigenvalue weighted by Crippen LogP contribution is -1.93. The van der Waals surface area contributed by atoms with Crippen LogP contribution in [0.15, 0.2) is 59.9 Å². The Labute approximate surface area is 125 Å². The molecule has 0 saturated heterocycles. The van der Waals surface area contributed by atoms with E-state index in [0.29, 0.717) is 17.9 Å². The van der Waals surface area contributed by atoms with Crippen LogP contribution in [-0.4, -0.2) is 19.6 Å². The maximum atomic E-state index is 14.3. The van der Waals surface area contributed by atoms with Crippen LogP contribution in [0.2, 0.25) is 0 Å². The molecule has 6 heteroatoms. The van der Waals surface area contributed by atoms with E-state index in [0.717, 1.165) is 16.6 Å². The Morgan fingerprint density at radius 3 is 3.05 bits per heavy atom. The third kappa shape index (κ3) is 2.24. The van der Waals surface area contributed by atoms with E-state index < -0.39 is 0 Å². The normalized spacial score (nSPS) is 11.1. The van der Waals surface area contributed by atoms with Gasteiger partial charge in [-0.05, 0) is 17.2 Å². The highest BCUT2D eigenvalue weighted by Crippen LogP contribution is 2.25. The Balaban J connectivity index is 1.76. The standard InChI is InChI=1S/C16H11FN4O/c17-15-8-21-9-18-7-13(21)6-14(15)12-3-1-2-11(4-12)5-16-20-19-10-22-16/h1-4,6-10H,5H2. The van der Waals surface area contributed by atoms with Crippen LogP contribution >= 0.6 is 0 Å². The Bertz CT molecular complexity index is 930. The number of hydrogen-bond acceptors (Lipinski definition) is 4. The molecule has 0 aliphatic rings. The van der Waals surface area contributed by atoms with Gasteiger partial charge in [0, 0.05) is 11.8 Å². The molecule has 0 saturated carbocycles. The zero-order chi connectivity index (χ0) is 14.9. The van der Waals surface area contributed by atoms with Gasteiger partial charge in [-0.15, -0.1) is 10.2 Å². The summed E-state index contributed by atoms with van der Waals surface area (Å²) in [5.74, 6) is 0.240. The highest BCUT2D eigenvalue weighted by atomic mass is 19.1. The van der Waals surface area contributed by atoms with Crippen LogP contribution in [0, 0.1) is 5.82 Å². The van der Waals surface area contributed by atoms with Gasteiger partial charge in [-0.2, -0.15) is 0 Å². The predicted octanol–water partition coefficient (Wildman–Crippen LogP) is 3.11. The first-order valence-electron chi connectivity index (χ1n) is 6.75. The summed E-state index contributed by atoms with van der Waals surface area (Å²) >= 11 is 0. The van der Waals surface area contributed by atoms with Gasteiger partial charge in [-0.3, -0.25) is 0 Å². The number of rotatable bonds is 3. The second-order valence-corrected chi connectivity index (χ2v) is 4.97. The number of hydrogen-bond donors (Lipinski definition) is 0. The average Bonchev–Trinajstić information content (AvgIpc) is 3.17. The van der Waals surface area contributed by atoms with Gasteiger partial charge in [0.2, 0.25) is 12.3 Å². The molecule has 0 radical (unpaired) electrons. The van der Waals surface area contributed by atoms with Crippen LogP contribution in [0.3, 0.4) is 0 Å². The van der Waals surface area contributed by atoms with Gasteiger partial charge in [0.25, 0.3) is 0 Å². The third-order valence-corrected chi connectivity index (χ3v) is 3.50. The van der Waals surface area contributed by atoms with Crippen molar-refractivity contribution in [3.8, 4) is 11.1 Å². The van der Waals surface area contributed by atoms with Crippen LogP contribution in [0.5, 0.6) is 0 Å². The molecule has 4 rings (SSSR count). The van der Waals surface area contributed by atoms with Crippen molar-refractivity contribution in [2.75, 3.05) is 0 Å². The van der Waals surface area contributed by atoms with Crippen LogP contribution < -0.4 is 0 Å². The molecule has 0 aliphatic heterocycles. The van der Waals surface area contributed by atoms with Crippen LogP contribution in [0.1, 0.15) is 11.5 Å². The van der Waals surface area contributed by atoms with Crippen molar-refractivity contribution in [2.45, 2.75) is 6.42 Å². The molecular weight excluding hydrogens is 283 g/mol. The first-order chi connectivity index (χ1) is 10.8. The minimum absolute atomic E-state index is 0.291. The fraction of sp³-hybridized carbons (Fsp3) is 0.0625. The van der Waals surface area contributed by atoms with E-state index in [2.05, 4.69) is 15.2 Å². The van der Waals surface area contributed by atoms with Gasteiger partial charge in [0.05, 0.1) is 24.5 Å². The fourth-order valence-electron chi connectivity index (χ4n) is 2.46. The quantitative estimate of drug-likeness (QED) is 0.582. The largest absolute Gasteiger partial charge is 0.428 e. The maximum absolute atomic E-state index is 14.3. The lowest BCUT2D eigenvalue weighted by atomic mass is 10.0. The second-order valence-electron chi connectivity index (χ2n) is 4.97. The summed E-state index contributed by atoms with van der Waals surface area (Å²) in [6.07, 6.45) is 6.53. The second kappa shape index (κ2) is 5.07. The van der Waals surface area contributed by atoms with Crippen molar-refractivity contribution >= 4 is 5.52 Å². The van der Waals surface area contributed by atoms with Gasteiger partial charge in [0.15, 0.2) is 0 Å². The Hall–Kier alpha value is -3.02. The molecule has 0 N–H and O–H groups in total. The van der Waals surface area contributed by atoms with E-state index in [-0.39, 0.29) is 5.82 Å². The number of pyridine rings is 1. The van der Waals surface area contributed by atoms with Crippen LogP contribution in [0.4, 0.5) is 4.39 Å². The third-order valence-electron chi connectivity index (χ3n) is 3.50. The molecule has 5 nitrogen and oxygen atoms in total. The molecule has 0 unspecified atom stereocenters. The highest BCUT2D eigenvalue weighted by molar-refractivity contribution is 5.69. The lowest BCUT2D eigenvalue weighted by Gasteiger charge is -2.07. The highest BCUT2D eigenvalue weighted by Gasteiger charge is 2.09. The molecule has 4 aromatic rings. The SMILES string of the molecule is Fc1cn2cncc2cc1-c1cccc(Cc2nnco2)c1. The number of aromatic nitrogens is 4. The summed E-state index contributed by atoms with van der Waals surface area (Å²) in [6.45, 7) is 0. The first kappa shape index (κ1) is 12.7. The summed E-state index contributed by atoms with van der Waals surface area (Å²) in [5.41, 5.74) is 3.17. The molecule has 0 atom stereocenters. The molecule has 1 aromatic carbocycles. The first-order valence-corrected chi connectivity index (χ1v) is 6.75. The van der Waals surface area contributed by atoms with E-state index in [9.17, 15) is 4.39 Å². The maximum Gasteiger partial charge on any atom is 0.220 e. The number of nitrogens with zero attached hydrogens (tertiary/aromatic N) is 4. The summed E-state index contributed by atoms with van der Waals surface area (Å²) < 4.78 is 21.1. The zero-order valence-electron chi connectivity index (χ0n) is 11.5. The zero-order valence-corrected chi connectivity index (χ0v) is 11.5. The van der Waals surface area contributed by atoms with E-state index >= 15 is 0 Å². The minimum Gasteiger partial charge on any atom is -0.428 e. The van der Waals surface area contributed by atoms with Crippen LogP contribution in [-0.2, 0) is 6.42 Å². The summed E-state index contributed by atoms with van der Waals surface area (Å²) in [6, 6.07) is 9.43. The van der Waals surface area contributed by atoms with Crippen molar-refractivity contribution in [3.05, 3.63) is 72.7 Å². The molecule has 0 bridgehead atoms. The monoisotopic (exact) mass is 294 g/mol. The van der Waals surface area contributed by atoms with E-state index in [1.54, 1.807) is 23.0 Å². The fourth-order valence-corrected chi connectivity index (χ4v) is 2.46. The molecule has 22 heavy (non-hydrogen) atoms. The Morgan fingerprint density at radius 1 is 1.23 bits per heavy atom. The molecule has 108 valence electrons.